The number of hydrogen-bond donors (Lipinski definition) is 0. The van der Waals surface area contributed by atoms with Crippen LogP contribution in [0.5, 0.6) is 0 Å². The standard InChI is InChI=1S/C23H18N2/c1-17-8-7-11-19(16-17)23-24-21-13-6-5-12-20(21)22(25-23)15-14-18-9-3-2-4-10-18/h2-16H,1H3/b15-14+. The summed E-state index contributed by atoms with van der Waals surface area (Å²) in [7, 11) is 0. The summed E-state index contributed by atoms with van der Waals surface area (Å²) in [6.45, 7) is 2.08. The van der Waals surface area contributed by atoms with Crippen molar-refractivity contribution in [3.63, 3.8) is 0 Å². The summed E-state index contributed by atoms with van der Waals surface area (Å²) < 4.78 is 0. The number of aryl methyl sites for hydroxylation is 1. The third-order valence-corrected chi connectivity index (χ3v) is 4.14. The summed E-state index contributed by atoms with van der Waals surface area (Å²) >= 11 is 0. The molecule has 0 saturated carbocycles. The molecule has 0 unspecified atom stereocenters. The lowest BCUT2D eigenvalue weighted by Crippen LogP contribution is -1.94. The van der Waals surface area contributed by atoms with E-state index in [4.69, 9.17) is 9.97 Å². The van der Waals surface area contributed by atoms with Crippen molar-refractivity contribution in [2.45, 2.75) is 6.92 Å². The fourth-order valence-electron chi connectivity index (χ4n) is 2.88. The molecule has 0 N–H and O–H groups in total. The van der Waals surface area contributed by atoms with E-state index in [1.54, 1.807) is 0 Å². The second-order valence-corrected chi connectivity index (χ2v) is 6.06. The lowest BCUT2D eigenvalue weighted by Gasteiger charge is -2.07. The second kappa shape index (κ2) is 6.70. The molecule has 1 aromatic heterocycles. The Morgan fingerprint density at radius 2 is 1.52 bits per heavy atom. The third kappa shape index (κ3) is 3.33. The minimum atomic E-state index is 0.759. The van der Waals surface area contributed by atoms with E-state index in [1.165, 1.54) is 5.56 Å². The minimum Gasteiger partial charge on any atom is -0.228 e. The zero-order valence-electron chi connectivity index (χ0n) is 14.1. The average Bonchev–Trinajstić information content (AvgIpc) is 2.67. The van der Waals surface area contributed by atoms with Gasteiger partial charge in [0.2, 0.25) is 0 Å². The Morgan fingerprint density at radius 1 is 0.720 bits per heavy atom. The molecule has 3 aromatic carbocycles. The first-order chi connectivity index (χ1) is 12.3. The molecule has 0 amide bonds. The number of aromatic nitrogens is 2. The first-order valence-electron chi connectivity index (χ1n) is 8.36. The molecule has 0 bridgehead atoms. The average molecular weight is 322 g/mol. The van der Waals surface area contributed by atoms with Crippen LogP contribution in [0.15, 0.2) is 78.9 Å². The molecule has 4 aromatic rings. The maximum atomic E-state index is 4.83. The molecule has 25 heavy (non-hydrogen) atoms. The Labute approximate surface area is 147 Å². The molecule has 0 radical (unpaired) electrons. The topological polar surface area (TPSA) is 25.8 Å². The van der Waals surface area contributed by atoms with Gasteiger partial charge in [-0.1, -0.05) is 78.4 Å². The van der Waals surface area contributed by atoms with Crippen molar-refractivity contribution >= 4 is 23.1 Å². The largest absolute Gasteiger partial charge is 0.228 e. The van der Waals surface area contributed by atoms with Gasteiger partial charge >= 0.3 is 0 Å². The number of para-hydroxylation sites is 1. The van der Waals surface area contributed by atoms with Crippen LogP contribution in [0.4, 0.5) is 0 Å². The lowest BCUT2D eigenvalue weighted by atomic mass is 10.1. The molecule has 1 heterocycles. The number of nitrogens with zero attached hydrogens (tertiary/aromatic N) is 2. The van der Waals surface area contributed by atoms with E-state index in [0.29, 0.717) is 0 Å². The van der Waals surface area contributed by atoms with Crippen molar-refractivity contribution in [1.29, 1.82) is 0 Å². The van der Waals surface area contributed by atoms with Crippen LogP contribution in [0, 0.1) is 6.92 Å². The van der Waals surface area contributed by atoms with Gasteiger partial charge in [0.25, 0.3) is 0 Å². The Kier molecular flexibility index (Phi) is 4.09. The SMILES string of the molecule is Cc1cccc(-c2nc(/C=C/c3ccccc3)c3ccccc3n2)c1. The highest BCUT2D eigenvalue weighted by Gasteiger charge is 2.07. The highest BCUT2D eigenvalue weighted by molar-refractivity contribution is 5.90. The van der Waals surface area contributed by atoms with Crippen LogP contribution in [0.1, 0.15) is 16.8 Å². The Hall–Kier alpha value is -3.26. The first kappa shape index (κ1) is 15.3. The summed E-state index contributed by atoms with van der Waals surface area (Å²) in [5.41, 5.74) is 5.30. The Morgan fingerprint density at radius 3 is 2.36 bits per heavy atom. The van der Waals surface area contributed by atoms with Crippen LogP contribution in [-0.2, 0) is 0 Å². The van der Waals surface area contributed by atoms with E-state index in [0.717, 1.165) is 33.5 Å². The van der Waals surface area contributed by atoms with Crippen LogP contribution in [-0.4, -0.2) is 9.97 Å². The quantitative estimate of drug-likeness (QED) is 0.478. The zero-order valence-corrected chi connectivity index (χ0v) is 14.1. The van der Waals surface area contributed by atoms with Crippen molar-refractivity contribution in [1.82, 2.24) is 9.97 Å². The van der Waals surface area contributed by atoms with Crippen molar-refractivity contribution in [2.24, 2.45) is 0 Å². The number of rotatable bonds is 3. The molecular formula is C23H18N2. The van der Waals surface area contributed by atoms with Gasteiger partial charge in [-0.15, -0.1) is 0 Å². The molecule has 4 rings (SSSR count). The van der Waals surface area contributed by atoms with Crippen LogP contribution < -0.4 is 0 Å². The van der Waals surface area contributed by atoms with Gasteiger partial charge < -0.3 is 0 Å². The van der Waals surface area contributed by atoms with Crippen LogP contribution >= 0.6 is 0 Å². The van der Waals surface area contributed by atoms with E-state index >= 15 is 0 Å². The lowest BCUT2D eigenvalue weighted by molar-refractivity contribution is 1.21. The van der Waals surface area contributed by atoms with Crippen molar-refractivity contribution in [3.05, 3.63) is 95.7 Å². The van der Waals surface area contributed by atoms with E-state index in [2.05, 4.69) is 55.5 Å². The number of fused-ring (bicyclic) bond motifs is 1. The van der Waals surface area contributed by atoms with Gasteiger partial charge in [0.15, 0.2) is 5.82 Å². The molecular weight excluding hydrogens is 304 g/mol. The molecule has 2 heteroatoms. The van der Waals surface area contributed by atoms with Gasteiger partial charge in [-0.3, -0.25) is 0 Å². The Balaban J connectivity index is 1.86. The van der Waals surface area contributed by atoms with Gasteiger partial charge in [-0.25, -0.2) is 9.97 Å². The molecule has 0 aliphatic rings. The second-order valence-electron chi connectivity index (χ2n) is 6.06. The zero-order chi connectivity index (χ0) is 17.1. The van der Waals surface area contributed by atoms with Gasteiger partial charge in [0.1, 0.15) is 0 Å². The monoisotopic (exact) mass is 322 g/mol. The van der Waals surface area contributed by atoms with Gasteiger partial charge in [-0.2, -0.15) is 0 Å². The molecule has 0 saturated heterocycles. The molecule has 0 atom stereocenters. The van der Waals surface area contributed by atoms with Crippen molar-refractivity contribution < 1.29 is 0 Å². The smallest absolute Gasteiger partial charge is 0.160 e. The summed E-state index contributed by atoms with van der Waals surface area (Å²) in [4.78, 5) is 9.59. The van der Waals surface area contributed by atoms with E-state index in [1.807, 2.05) is 42.5 Å². The molecule has 0 spiro atoms. The van der Waals surface area contributed by atoms with Gasteiger partial charge in [-0.05, 0) is 30.7 Å². The van der Waals surface area contributed by atoms with Gasteiger partial charge in [0.05, 0.1) is 11.2 Å². The summed E-state index contributed by atoms with van der Waals surface area (Å²) in [6.07, 6.45) is 4.16. The highest BCUT2D eigenvalue weighted by atomic mass is 14.9. The molecule has 120 valence electrons. The normalized spacial score (nSPS) is 11.2. The van der Waals surface area contributed by atoms with Crippen LogP contribution in [0.25, 0.3) is 34.4 Å². The predicted molar refractivity (Wildman–Crippen MR) is 105 cm³/mol. The van der Waals surface area contributed by atoms with Crippen LogP contribution in [0.2, 0.25) is 0 Å². The van der Waals surface area contributed by atoms with E-state index < -0.39 is 0 Å². The summed E-state index contributed by atoms with van der Waals surface area (Å²) in [5, 5.41) is 1.06. The maximum Gasteiger partial charge on any atom is 0.160 e. The Bertz CT molecular complexity index is 1050. The van der Waals surface area contributed by atoms with Crippen molar-refractivity contribution in [3.8, 4) is 11.4 Å². The molecule has 2 nitrogen and oxygen atoms in total. The minimum absolute atomic E-state index is 0.759. The fourth-order valence-corrected chi connectivity index (χ4v) is 2.88. The third-order valence-electron chi connectivity index (χ3n) is 4.14. The summed E-state index contributed by atoms with van der Waals surface area (Å²) in [5.74, 6) is 0.759. The summed E-state index contributed by atoms with van der Waals surface area (Å²) in [6, 6.07) is 26.7. The van der Waals surface area contributed by atoms with Crippen molar-refractivity contribution in [2.75, 3.05) is 0 Å². The van der Waals surface area contributed by atoms with E-state index in [-0.39, 0.29) is 0 Å². The van der Waals surface area contributed by atoms with E-state index in [9.17, 15) is 0 Å². The first-order valence-corrected chi connectivity index (χ1v) is 8.36. The van der Waals surface area contributed by atoms with Gasteiger partial charge in [0, 0.05) is 10.9 Å². The highest BCUT2D eigenvalue weighted by Crippen LogP contribution is 2.23. The molecule has 0 aliphatic carbocycles. The molecule has 0 aliphatic heterocycles. The number of benzene rings is 3. The van der Waals surface area contributed by atoms with Crippen LogP contribution in [0.3, 0.4) is 0 Å². The maximum absolute atomic E-state index is 4.83. The predicted octanol–water partition coefficient (Wildman–Crippen LogP) is 5.78. The number of hydrogen-bond acceptors (Lipinski definition) is 2. The molecule has 0 fully saturated rings. The fraction of sp³-hybridized carbons (Fsp3) is 0.0435.